The standard InChI is InChI=1S/C12H17N3O4/c1-3-5-6-14(4-2)11-7-9(12(16)17)10(8-13-11)15(18)19/h7-8H,3-6H2,1-2H3,(H,16,17). The van der Waals surface area contributed by atoms with Crippen molar-refractivity contribution in [1.29, 1.82) is 0 Å². The summed E-state index contributed by atoms with van der Waals surface area (Å²) < 4.78 is 0. The summed E-state index contributed by atoms with van der Waals surface area (Å²) in [5.74, 6) is -0.860. The number of hydrogen-bond acceptors (Lipinski definition) is 5. The van der Waals surface area contributed by atoms with E-state index in [-0.39, 0.29) is 5.56 Å². The molecule has 0 aliphatic heterocycles. The van der Waals surface area contributed by atoms with Crippen molar-refractivity contribution in [3.63, 3.8) is 0 Å². The zero-order chi connectivity index (χ0) is 14.4. The summed E-state index contributed by atoms with van der Waals surface area (Å²) in [4.78, 5) is 26.9. The molecule has 1 N–H and O–H groups in total. The molecule has 0 aliphatic rings. The zero-order valence-electron chi connectivity index (χ0n) is 11.0. The van der Waals surface area contributed by atoms with Crippen LogP contribution in [0.15, 0.2) is 12.3 Å². The summed E-state index contributed by atoms with van der Waals surface area (Å²) in [7, 11) is 0. The highest BCUT2D eigenvalue weighted by Crippen LogP contribution is 2.22. The molecule has 104 valence electrons. The van der Waals surface area contributed by atoms with Gasteiger partial charge in [-0.25, -0.2) is 9.78 Å². The first-order chi connectivity index (χ1) is 9.01. The Morgan fingerprint density at radius 3 is 2.68 bits per heavy atom. The van der Waals surface area contributed by atoms with Crippen LogP contribution in [-0.4, -0.2) is 34.1 Å². The maximum atomic E-state index is 11.1. The van der Waals surface area contributed by atoms with Gasteiger partial charge >= 0.3 is 11.7 Å². The number of nitro groups is 1. The third-order valence-electron chi connectivity index (χ3n) is 2.78. The SMILES string of the molecule is CCCCN(CC)c1cc(C(=O)O)c([N+](=O)[O-])cn1. The molecule has 1 aromatic heterocycles. The van der Waals surface area contributed by atoms with E-state index in [1.165, 1.54) is 6.07 Å². The number of carboxylic acid groups (broad SMARTS) is 1. The van der Waals surface area contributed by atoms with E-state index in [2.05, 4.69) is 11.9 Å². The summed E-state index contributed by atoms with van der Waals surface area (Å²) >= 11 is 0. The van der Waals surface area contributed by atoms with Crippen LogP contribution < -0.4 is 4.90 Å². The molecule has 1 rings (SSSR count). The number of pyridine rings is 1. The lowest BCUT2D eigenvalue weighted by Crippen LogP contribution is -2.25. The van der Waals surface area contributed by atoms with Gasteiger partial charge in [0.1, 0.15) is 17.6 Å². The third kappa shape index (κ3) is 3.64. The lowest BCUT2D eigenvalue weighted by Gasteiger charge is -2.21. The molecule has 7 nitrogen and oxygen atoms in total. The molecular weight excluding hydrogens is 250 g/mol. The number of aromatic carboxylic acids is 1. The second kappa shape index (κ2) is 6.67. The molecule has 0 saturated carbocycles. The Balaban J connectivity index is 3.13. The number of aromatic nitrogens is 1. The number of nitrogens with zero attached hydrogens (tertiary/aromatic N) is 3. The van der Waals surface area contributed by atoms with Crippen LogP contribution in [0.3, 0.4) is 0 Å². The number of hydrogen-bond donors (Lipinski definition) is 1. The van der Waals surface area contributed by atoms with E-state index in [4.69, 9.17) is 5.11 Å². The van der Waals surface area contributed by atoms with E-state index >= 15 is 0 Å². The Labute approximate surface area is 111 Å². The smallest absolute Gasteiger partial charge is 0.342 e. The average Bonchev–Trinajstić information content (AvgIpc) is 2.39. The molecule has 7 heteroatoms. The maximum Gasteiger partial charge on any atom is 0.342 e. The molecule has 0 radical (unpaired) electrons. The Morgan fingerprint density at radius 1 is 1.53 bits per heavy atom. The minimum atomic E-state index is -1.32. The van der Waals surface area contributed by atoms with Gasteiger partial charge in [-0.15, -0.1) is 0 Å². The lowest BCUT2D eigenvalue weighted by molar-refractivity contribution is -0.385. The van der Waals surface area contributed by atoms with Crippen LogP contribution in [0.4, 0.5) is 11.5 Å². The zero-order valence-corrected chi connectivity index (χ0v) is 11.0. The number of rotatable bonds is 7. The minimum absolute atomic E-state index is 0.329. The van der Waals surface area contributed by atoms with Gasteiger partial charge in [-0.3, -0.25) is 10.1 Å². The molecule has 1 heterocycles. The monoisotopic (exact) mass is 267 g/mol. The molecule has 0 amide bonds. The summed E-state index contributed by atoms with van der Waals surface area (Å²) in [5.41, 5.74) is -0.812. The lowest BCUT2D eigenvalue weighted by atomic mass is 10.2. The van der Waals surface area contributed by atoms with Crippen molar-refractivity contribution in [2.75, 3.05) is 18.0 Å². The van der Waals surface area contributed by atoms with Crippen LogP contribution in [0, 0.1) is 10.1 Å². The first-order valence-electron chi connectivity index (χ1n) is 6.13. The van der Waals surface area contributed by atoms with Crippen molar-refractivity contribution in [3.8, 4) is 0 Å². The largest absolute Gasteiger partial charge is 0.477 e. The van der Waals surface area contributed by atoms with Gasteiger partial charge in [-0.05, 0) is 13.3 Å². The number of carbonyl (C=O) groups is 1. The first kappa shape index (κ1) is 14.9. The highest BCUT2D eigenvalue weighted by Gasteiger charge is 2.22. The van der Waals surface area contributed by atoms with Gasteiger partial charge in [0, 0.05) is 19.2 Å². The third-order valence-corrected chi connectivity index (χ3v) is 2.78. The van der Waals surface area contributed by atoms with Crippen molar-refractivity contribution >= 4 is 17.5 Å². The maximum absolute atomic E-state index is 11.1. The van der Waals surface area contributed by atoms with E-state index in [0.717, 1.165) is 25.6 Å². The van der Waals surface area contributed by atoms with E-state index in [9.17, 15) is 14.9 Å². The summed E-state index contributed by atoms with van der Waals surface area (Å²) in [6.07, 6.45) is 2.97. The number of unbranched alkanes of at least 4 members (excludes halogenated alkanes) is 1. The van der Waals surface area contributed by atoms with Gasteiger partial charge in [-0.1, -0.05) is 13.3 Å². The minimum Gasteiger partial charge on any atom is -0.477 e. The van der Waals surface area contributed by atoms with Crippen molar-refractivity contribution in [3.05, 3.63) is 27.9 Å². The van der Waals surface area contributed by atoms with Crippen LogP contribution in [0.5, 0.6) is 0 Å². The van der Waals surface area contributed by atoms with Crippen molar-refractivity contribution in [1.82, 2.24) is 4.98 Å². The van der Waals surface area contributed by atoms with Crippen molar-refractivity contribution in [2.24, 2.45) is 0 Å². The summed E-state index contributed by atoms with van der Waals surface area (Å²) in [6, 6.07) is 1.26. The second-order valence-electron chi connectivity index (χ2n) is 4.06. The van der Waals surface area contributed by atoms with Gasteiger partial charge in [0.2, 0.25) is 0 Å². The molecule has 0 aromatic carbocycles. The van der Waals surface area contributed by atoms with Gasteiger partial charge in [-0.2, -0.15) is 0 Å². The highest BCUT2D eigenvalue weighted by atomic mass is 16.6. The van der Waals surface area contributed by atoms with E-state index in [1.807, 2.05) is 11.8 Å². The quantitative estimate of drug-likeness (QED) is 0.601. The normalized spacial score (nSPS) is 10.2. The molecule has 0 spiro atoms. The molecule has 0 atom stereocenters. The molecule has 0 saturated heterocycles. The first-order valence-corrected chi connectivity index (χ1v) is 6.13. The Morgan fingerprint density at radius 2 is 2.21 bits per heavy atom. The van der Waals surface area contributed by atoms with Crippen LogP contribution in [0.25, 0.3) is 0 Å². The van der Waals surface area contributed by atoms with Gasteiger partial charge < -0.3 is 10.0 Å². The molecule has 1 aromatic rings. The van der Waals surface area contributed by atoms with Gasteiger partial charge in [0.25, 0.3) is 0 Å². The Kier molecular flexibility index (Phi) is 5.23. The molecule has 0 aliphatic carbocycles. The molecular formula is C12H17N3O4. The molecule has 0 bridgehead atoms. The predicted molar refractivity (Wildman–Crippen MR) is 70.6 cm³/mol. The second-order valence-corrected chi connectivity index (χ2v) is 4.06. The van der Waals surface area contributed by atoms with Crippen molar-refractivity contribution in [2.45, 2.75) is 26.7 Å². The summed E-state index contributed by atoms with van der Waals surface area (Å²) in [5, 5.41) is 19.8. The molecule has 19 heavy (non-hydrogen) atoms. The summed E-state index contributed by atoms with van der Waals surface area (Å²) in [6.45, 7) is 5.40. The Bertz CT molecular complexity index is 476. The molecule has 0 unspecified atom stereocenters. The van der Waals surface area contributed by atoms with Gasteiger partial charge in [0.15, 0.2) is 0 Å². The fraction of sp³-hybridized carbons (Fsp3) is 0.500. The fourth-order valence-electron chi connectivity index (χ4n) is 1.71. The van der Waals surface area contributed by atoms with Crippen LogP contribution in [0.1, 0.15) is 37.0 Å². The van der Waals surface area contributed by atoms with E-state index in [1.54, 1.807) is 0 Å². The van der Waals surface area contributed by atoms with E-state index < -0.39 is 16.6 Å². The van der Waals surface area contributed by atoms with Gasteiger partial charge in [0.05, 0.1) is 4.92 Å². The fourth-order valence-corrected chi connectivity index (χ4v) is 1.71. The average molecular weight is 267 g/mol. The van der Waals surface area contributed by atoms with Crippen LogP contribution >= 0.6 is 0 Å². The highest BCUT2D eigenvalue weighted by molar-refractivity contribution is 5.93. The Hall–Kier alpha value is -2.18. The topological polar surface area (TPSA) is 96.6 Å². The van der Waals surface area contributed by atoms with Crippen LogP contribution in [0.2, 0.25) is 0 Å². The predicted octanol–water partition coefficient (Wildman–Crippen LogP) is 2.31. The van der Waals surface area contributed by atoms with Crippen LogP contribution in [-0.2, 0) is 0 Å². The number of carboxylic acids is 1. The molecule has 0 fully saturated rings. The van der Waals surface area contributed by atoms with Crippen molar-refractivity contribution < 1.29 is 14.8 Å². The van der Waals surface area contributed by atoms with E-state index in [0.29, 0.717) is 12.4 Å². The number of anilines is 1.